The van der Waals surface area contributed by atoms with Gasteiger partial charge in [-0.05, 0) is 55.0 Å². The van der Waals surface area contributed by atoms with E-state index < -0.39 is 16.0 Å². The first kappa shape index (κ1) is 18.3. The van der Waals surface area contributed by atoms with Crippen LogP contribution in [-0.2, 0) is 21.2 Å². The molecule has 2 aromatic carbocycles. The fraction of sp³-hybridized carbons (Fsp3) is 0.167. The molecule has 1 N–H and O–H groups in total. The summed E-state index contributed by atoms with van der Waals surface area (Å²) in [6.07, 6.45) is -0.0980. The average Bonchev–Trinajstić information content (AvgIpc) is 2.98. The van der Waals surface area contributed by atoms with E-state index in [1.807, 2.05) is 0 Å². The Hall–Kier alpha value is -2.51. The molecule has 0 atom stereocenters. The lowest BCUT2D eigenvalue weighted by atomic mass is 10.2. The van der Waals surface area contributed by atoms with Gasteiger partial charge >= 0.3 is 5.97 Å². The minimum absolute atomic E-state index is 0.0804. The van der Waals surface area contributed by atoms with Crippen LogP contribution in [0.1, 0.15) is 12.1 Å². The molecule has 6 nitrogen and oxygen atoms in total. The molecular weight excluding hydrogens is 378 g/mol. The van der Waals surface area contributed by atoms with Gasteiger partial charge in [-0.3, -0.25) is 4.79 Å². The fourth-order valence-electron chi connectivity index (χ4n) is 2.76. The first-order valence-corrected chi connectivity index (χ1v) is 9.56. The van der Waals surface area contributed by atoms with Crippen LogP contribution < -0.4 is 4.74 Å². The van der Waals surface area contributed by atoms with Crippen LogP contribution in [0.4, 0.5) is 0 Å². The Kier molecular flexibility index (Phi) is 4.93. The molecule has 26 heavy (non-hydrogen) atoms. The van der Waals surface area contributed by atoms with Crippen LogP contribution in [0.2, 0.25) is 5.02 Å². The van der Waals surface area contributed by atoms with Gasteiger partial charge in [-0.15, -0.1) is 0 Å². The topological polar surface area (TPSA) is 85.6 Å². The van der Waals surface area contributed by atoms with Crippen LogP contribution >= 0.6 is 11.6 Å². The number of benzene rings is 2. The standard InChI is InChI=1S/C18H16ClNO5S/c1-25-15-4-6-16(7-5-15)26(23,24)20-14(3-9-18(21)22)11-12-10-13(19)2-8-17(12)20/h2,4-8,10-11H,3,9H2,1H3,(H,21,22). The van der Waals surface area contributed by atoms with Crippen LogP contribution in [0.25, 0.3) is 10.9 Å². The van der Waals surface area contributed by atoms with Crippen molar-refractivity contribution in [2.75, 3.05) is 7.11 Å². The number of fused-ring (bicyclic) bond motifs is 1. The Balaban J connectivity index is 2.19. The number of aryl methyl sites for hydroxylation is 1. The Bertz CT molecular complexity index is 1070. The van der Waals surface area contributed by atoms with E-state index in [1.54, 1.807) is 36.4 Å². The summed E-state index contributed by atoms with van der Waals surface area (Å²) in [6.45, 7) is 0. The Morgan fingerprint density at radius 1 is 1.15 bits per heavy atom. The molecule has 1 aromatic heterocycles. The molecule has 3 aromatic rings. The van der Waals surface area contributed by atoms with E-state index in [0.717, 1.165) is 0 Å². The van der Waals surface area contributed by atoms with Crippen LogP contribution in [0.3, 0.4) is 0 Å². The van der Waals surface area contributed by atoms with E-state index >= 15 is 0 Å². The fourth-order valence-corrected chi connectivity index (χ4v) is 4.51. The molecule has 0 saturated carbocycles. The third-order valence-corrected chi connectivity index (χ3v) is 6.00. The van der Waals surface area contributed by atoms with Crippen molar-refractivity contribution in [2.24, 2.45) is 0 Å². The zero-order chi connectivity index (χ0) is 18.9. The van der Waals surface area contributed by atoms with Gasteiger partial charge in [0.2, 0.25) is 0 Å². The quantitative estimate of drug-likeness (QED) is 0.692. The zero-order valence-corrected chi connectivity index (χ0v) is 15.4. The van der Waals surface area contributed by atoms with E-state index in [9.17, 15) is 13.2 Å². The van der Waals surface area contributed by atoms with Gasteiger partial charge in [0.25, 0.3) is 10.0 Å². The summed E-state index contributed by atoms with van der Waals surface area (Å²) in [5.41, 5.74) is 0.839. The lowest BCUT2D eigenvalue weighted by molar-refractivity contribution is -0.136. The number of carboxylic acids is 1. The van der Waals surface area contributed by atoms with Crippen molar-refractivity contribution in [1.29, 1.82) is 0 Å². The molecule has 0 aliphatic heterocycles. The maximum atomic E-state index is 13.2. The van der Waals surface area contributed by atoms with Gasteiger partial charge in [-0.2, -0.15) is 0 Å². The number of ether oxygens (including phenoxy) is 1. The number of nitrogens with zero attached hydrogens (tertiary/aromatic N) is 1. The summed E-state index contributed by atoms with van der Waals surface area (Å²) in [5.74, 6) is -0.458. The van der Waals surface area contributed by atoms with E-state index in [2.05, 4.69) is 0 Å². The van der Waals surface area contributed by atoms with Crippen molar-refractivity contribution in [3.05, 3.63) is 59.2 Å². The molecule has 3 rings (SSSR count). The van der Waals surface area contributed by atoms with Crippen molar-refractivity contribution in [3.8, 4) is 5.75 Å². The molecule has 8 heteroatoms. The molecule has 0 fully saturated rings. The van der Waals surface area contributed by atoms with Gasteiger partial charge in [0.15, 0.2) is 0 Å². The maximum Gasteiger partial charge on any atom is 0.303 e. The van der Waals surface area contributed by atoms with Gasteiger partial charge in [0.1, 0.15) is 5.75 Å². The number of methoxy groups -OCH3 is 1. The van der Waals surface area contributed by atoms with Gasteiger partial charge in [-0.1, -0.05) is 11.6 Å². The third kappa shape index (κ3) is 3.40. The predicted octanol–water partition coefficient (Wildman–Crippen LogP) is 3.56. The van der Waals surface area contributed by atoms with Crippen LogP contribution in [0, 0.1) is 0 Å². The summed E-state index contributed by atoms with van der Waals surface area (Å²) in [4.78, 5) is 11.0. The molecule has 0 saturated heterocycles. The number of hydrogen-bond acceptors (Lipinski definition) is 4. The normalized spacial score (nSPS) is 11.6. The predicted molar refractivity (Wildman–Crippen MR) is 98.5 cm³/mol. The Morgan fingerprint density at radius 3 is 2.46 bits per heavy atom. The van der Waals surface area contributed by atoms with E-state index in [4.69, 9.17) is 21.4 Å². The van der Waals surface area contributed by atoms with Crippen molar-refractivity contribution >= 4 is 38.5 Å². The summed E-state index contributed by atoms with van der Waals surface area (Å²) >= 11 is 6.01. The molecule has 0 amide bonds. The number of hydrogen-bond donors (Lipinski definition) is 1. The third-order valence-electron chi connectivity index (χ3n) is 3.98. The molecule has 0 aliphatic rings. The molecule has 136 valence electrons. The Morgan fingerprint density at radius 2 is 1.85 bits per heavy atom. The molecule has 0 spiro atoms. The summed E-state index contributed by atoms with van der Waals surface area (Å²) in [6, 6.07) is 12.6. The number of carbonyl (C=O) groups is 1. The summed E-state index contributed by atoms with van der Waals surface area (Å²) in [5, 5.41) is 10.1. The zero-order valence-electron chi connectivity index (χ0n) is 13.8. The lowest BCUT2D eigenvalue weighted by Crippen LogP contribution is -2.16. The average molecular weight is 394 g/mol. The van der Waals surface area contributed by atoms with Crippen LogP contribution in [-0.4, -0.2) is 30.6 Å². The summed E-state index contributed by atoms with van der Waals surface area (Å²) in [7, 11) is -2.42. The van der Waals surface area contributed by atoms with Crippen LogP contribution in [0.5, 0.6) is 5.75 Å². The second-order valence-corrected chi connectivity index (χ2v) is 7.90. The van der Waals surface area contributed by atoms with Crippen molar-refractivity contribution in [3.63, 3.8) is 0 Å². The first-order valence-electron chi connectivity index (χ1n) is 7.74. The SMILES string of the molecule is COc1ccc(S(=O)(=O)n2c(CCC(=O)O)cc3cc(Cl)ccc32)cc1. The minimum atomic E-state index is -3.91. The van der Waals surface area contributed by atoms with Crippen molar-refractivity contribution < 1.29 is 23.1 Å². The first-order chi connectivity index (χ1) is 12.3. The number of aromatic nitrogens is 1. The summed E-state index contributed by atoms with van der Waals surface area (Å²) < 4.78 is 32.6. The Labute approximate surface area is 155 Å². The van der Waals surface area contributed by atoms with E-state index in [0.29, 0.717) is 27.4 Å². The minimum Gasteiger partial charge on any atom is -0.497 e. The van der Waals surface area contributed by atoms with Crippen molar-refractivity contribution in [1.82, 2.24) is 3.97 Å². The smallest absolute Gasteiger partial charge is 0.303 e. The highest BCUT2D eigenvalue weighted by Gasteiger charge is 2.23. The molecule has 0 radical (unpaired) electrons. The van der Waals surface area contributed by atoms with Gasteiger partial charge in [0, 0.05) is 16.1 Å². The number of halogens is 1. The molecule has 0 bridgehead atoms. The van der Waals surface area contributed by atoms with Gasteiger partial charge in [0.05, 0.1) is 23.9 Å². The maximum absolute atomic E-state index is 13.2. The highest BCUT2D eigenvalue weighted by atomic mass is 35.5. The highest BCUT2D eigenvalue weighted by Crippen LogP contribution is 2.29. The van der Waals surface area contributed by atoms with Gasteiger partial charge in [-0.25, -0.2) is 12.4 Å². The molecular formula is C18H16ClNO5S. The monoisotopic (exact) mass is 393 g/mol. The highest BCUT2D eigenvalue weighted by molar-refractivity contribution is 7.90. The van der Waals surface area contributed by atoms with Crippen molar-refractivity contribution in [2.45, 2.75) is 17.7 Å². The molecule has 0 unspecified atom stereocenters. The number of rotatable bonds is 6. The van der Waals surface area contributed by atoms with E-state index in [1.165, 1.54) is 23.2 Å². The molecule has 1 heterocycles. The largest absolute Gasteiger partial charge is 0.497 e. The van der Waals surface area contributed by atoms with Gasteiger partial charge < -0.3 is 9.84 Å². The van der Waals surface area contributed by atoms with Crippen LogP contribution in [0.15, 0.2) is 53.4 Å². The number of carboxylic acid groups (broad SMARTS) is 1. The number of aliphatic carboxylic acids is 1. The molecule has 0 aliphatic carbocycles. The lowest BCUT2D eigenvalue weighted by Gasteiger charge is -2.12. The second kappa shape index (κ2) is 7.01. The van der Waals surface area contributed by atoms with E-state index in [-0.39, 0.29) is 17.7 Å². The second-order valence-electron chi connectivity index (χ2n) is 5.68.